The van der Waals surface area contributed by atoms with Crippen LogP contribution in [0.2, 0.25) is 0 Å². The summed E-state index contributed by atoms with van der Waals surface area (Å²) >= 11 is 0. The lowest BCUT2D eigenvalue weighted by atomic mass is 9.94. The number of ether oxygens (including phenoxy) is 1. The molecule has 0 spiro atoms. The minimum Gasteiger partial charge on any atom is -0.461 e. The number of halogens is 4. The van der Waals surface area contributed by atoms with Crippen molar-refractivity contribution in [3.63, 3.8) is 0 Å². The first kappa shape index (κ1) is 29.4. The van der Waals surface area contributed by atoms with Gasteiger partial charge in [0.1, 0.15) is 29.5 Å². The molecule has 1 N–H and O–H groups in total. The number of nitrogens with one attached hydrogen (secondary N) is 1. The second kappa shape index (κ2) is 11.3. The Morgan fingerprint density at radius 3 is 2.82 bits per heavy atom. The Morgan fingerprint density at radius 2 is 2.07 bits per heavy atom. The summed E-state index contributed by atoms with van der Waals surface area (Å²) in [5.74, 6) is 1.55. The van der Waals surface area contributed by atoms with Crippen LogP contribution in [0.25, 0.3) is 32.9 Å². The van der Waals surface area contributed by atoms with Gasteiger partial charge in [-0.05, 0) is 57.1 Å². The van der Waals surface area contributed by atoms with E-state index in [0.29, 0.717) is 40.5 Å². The molecule has 0 radical (unpaired) electrons. The number of terminal acetylenes is 1. The third-order valence-corrected chi connectivity index (χ3v) is 9.76. The summed E-state index contributed by atoms with van der Waals surface area (Å²) in [6, 6.07) is 8.22. The molecule has 7 rings (SSSR count). The summed E-state index contributed by atoms with van der Waals surface area (Å²) in [5.41, 5.74) is -0.149. The predicted molar refractivity (Wildman–Crippen MR) is 165 cm³/mol. The molecule has 1 unspecified atom stereocenters. The van der Waals surface area contributed by atoms with Crippen molar-refractivity contribution in [3.8, 4) is 29.6 Å². The Labute approximate surface area is 258 Å². The molecule has 5 heterocycles. The zero-order valence-electron chi connectivity index (χ0n) is 25.0. The summed E-state index contributed by atoms with van der Waals surface area (Å²) in [4.78, 5) is 17.8. The molecular weight excluding hydrogens is 584 g/mol. The van der Waals surface area contributed by atoms with Crippen LogP contribution in [0.1, 0.15) is 38.2 Å². The first-order chi connectivity index (χ1) is 21.7. The molecule has 3 fully saturated rings. The van der Waals surface area contributed by atoms with Crippen LogP contribution in [0.15, 0.2) is 48.2 Å². The van der Waals surface area contributed by atoms with E-state index in [9.17, 15) is 13.2 Å². The highest BCUT2D eigenvalue weighted by molar-refractivity contribution is 6.02. The number of pyridine rings is 1. The molecule has 3 saturated heterocycles. The Hall–Kier alpha value is -4.27. The highest BCUT2D eigenvalue weighted by atomic mass is 19.3. The topological polar surface area (TPSA) is 66.4 Å². The fourth-order valence-corrected chi connectivity index (χ4v) is 7.43. The van der Waals surface area contributed by atoms with Crippen LogP contribution in [0.3, 0.4) is 0 Å². The lowest BCUT2D eigenvalue weighted by molar-refractivity contribution is 0.108. The average molecular weight is 617 g/mol. The molecule has 2 aromatic heterocycles. The van der Waals surface area contributed by atoms with Crippen molar-refractivity contribution in [3.05, 3.63) is 65.4 Å². The SMILES string of the molecule is C#Cc1c(F)ccc2cccc(-c3ncc4c(N(C)[C@@H]5CCN[C@@H]5C)nc(OCC56CCCN5CC(=C(F)F)C6)nc4c3F)c12. The highest BCUT2D eigenvalue weighted by Gasteiger charge is 2.48. The molecule has 11 heteroatoms. The summed E-state index contributed by atoms with van der Waals surface area (Å²) in [7, 11) is 1.90. The van der Waals surface area contributed by atoms with Crippen molar-refractivity contribution in [2.45, 2.75) is 50.2 Å². The largest absolute Gasteiger partial charge is 0.461 e. The number of benzene rings is 2. The van der Waals surface area contributed by atoms with Crippen molar-refractivity contribution in [2.24, 2.45) is 0 Å². The first-order valence-corrected chi connectivity index (χ1v) is 15.1. The molecule has 4 aromatic rings. The quantitative estimate of drug-likeness (QED) is 0.209. The van der Waals surface area contributed by atoms with Gasteiger partial charge in [-0.3, -0.25) is 9.88 Å². The predicted octanol–water partition coefficient (Wildman–Crippen LogP) is 6.06. The van der Waals surface area contributed by atoms with Gasteiger partial charge in [0.2, 0.25) is 0 Å². The minimum absolute atomic E-state index is 0.0105. The number of aromatic nitrogens is 3. The van der Waals surface area contributed by atoms with Gasteiger partial charge < -0.3 is 15.0 Å². The maximum Gasteiger partial charge on any atom is 0.319 e. The van der Waals surface area contributed by atoms with Gasteiger partial charge in [-0.25, -0.2) is 8.78 Å². The number of nitrogens with zero attached hydrogens (tertiary/aromatic N) is 5. The molecule has 3 aliphatic heterocycles. The zero-order chi connectivity index (χ0) is 31.5. The van der Waals surface area contributed by atoms with Crippen LogP contribution >= 0.6 is 0 Å². The number of hydrogen-bond acceptors (Lipinski definition) is 7. The smallest absolute Gasteiger partial charge is 0.319 e. The van der Waals surface area contributed by atoms with E-state index in [2.05, 4.69) is 28.1 Å². The van der Waals surface area contributed by atoms with E-state index < -0.39 is 23.3 Å². The van der Waals surface area contributed by atoms with Crippen LogP contribution in [0.4, 0.5) is 23.4 Å². The van der Waals surface area contributed by atoms with E-state index in [1.165, 1.54) is 12.3 Å². The highest BCUT2D eigenvalue weighted by Crippen LogP contribution is 2.43. The van der Waals surface area contributed by atoms with Crippen LogP contribution in [-0.4, -0.2) is 70.8 Å². The Bertz CT molecular complexity index is 1900. The summed E-state index contributed by atoms with van der Waals surface area (Å²) in [6.45, 7) is 3.91. The third kappa shape index (κ3) is 4.87. The molecular formula is C34H32F4N6O. The fraction of sp³-hybridized carbons (Fsp3) is 0.382. The normalized spacial score (nSPS) is 23.1. The van der Waals surface area contributed by atoms with E-state index in [-0.39, 0.29) is 60.0 Å². The number of anilines is 1. The Kier molecular flexibility index (Phi) is 7.37. The van der Waals surface area contributed by atoms with Crippen molar-refractivity contribution >= 4 is 27.5 Å². The van der Waals surface area contributed by atoms with Gasteiger partial charge in [0.05, 0.1) is 16.5 Å². The molecule has 0 aliphatic carbocycles. The van der Waals surface area contributed by atoms with Gasteiger partial charge >= 0.3 is 6.01 Å². The van der Waals surface area contributed by atoms with E-state index in [0.717, 1.165) is 19.4 Å². The van der Waals surface area contributed by atoms with Crippen molar-refractivity contribution in [1.82, 2.24) is 25.2 Å². The van der Waals surface area contributed by atoms with E-state index >= 15 is 4.39 Å². The second-order valence-corrected chi connectivity index (χ2v) is 12.3. The molecule has 45 heavy (non-hydrogen) atoms. The molecule has 3 atom stereocenters. The monoisotopic (exact) mass is 616 g/mol. The van der Waals surface area contributed by atoms with Gasteiger partial charge in [0.25, 0.3) is 6.08 Å². The number of fused-ring (bicyclic) bond motifs is 3. The van der Waals surface area contributed by atoms with Crippen molar-refractivity contribution in [1.29, 1.82) is 0 Å². The van der Waals surface area contributed by atoms with Gasteiger partial charge in [0.15, 0.2) is 5.82 Å². The Morgan fingerprint density at radius 1 is 1.22 bits per heavy atom. The minimum atomic E-state index is -1.64. The van der Waals surface area contributed by atoms with Crippen molar-refractivity contribution < 1.29 is 22.3 Å². The second-order valence-electron chi connectivity index (χ2n) is 12.3. The molecule has 7 nitrogen and oxygen atoms in total. The van der Waals surface area contributed by atoms with Gasteiger partial charge in [-0.15, -0.1) is 6.42 Å². The van der Waals surface area contributed by atoms with Gasteiger partial charge in [-0.1, -0.05) is 30.2 Å². The van der Waals surface area contributed by atoms with Gasteiger partial charge in [0, 0.05) is 48.4 Å². The van der Waals surface area contributed by atoms with Crippen LogP contribution < -0.4 is 15.0 Å². The molecule has 0 bridgehead atoms. The lowest BCUT2D eigenvalue weighted by Crippen LogP contribution is -2.43. The number of hydrogen-bond donors (Lipinski definition) is 1. The molecule has 0 amide bonds. The number of rotatable bonds is 6. The van der Waals surface area contributed by atoms with E-state index in [4.69, 9.17) is 16.1 Å². The molecule has 0 saturated carbocycles. The Balaban J connectivity index is 1.36. The first-order valence-electron chi connectivity index (χ1n) is 15.1. The van der Waals surface area contributed by atoms with E-state index in [1.807, 2.05) is 16.8 Å². The average Bonchev–Trinajstić information content (AvgIpc) is 3.74. The maximum atomic E-state index is 16.7. The summed E-state index contributed by atoms with van der Waals surface area (Å²) in [6.07, 6.45) is 8.20. The molecule has 3 aliphatic rings. The third-order valence-electron chi connectivity index (χ3n) is 9.76. The standard InChI is InChI=1S/C34H32F4N6O/c1-4-22-25(35)10-9-20-7-5-8-23(27(20)22)29-28(36)30-24(16-40-29)32(43(3)26-11-13-39-19(26)2)42-33(41-30)45-18-34-12-6-14-44(34)17-21(15-34)31(37)38/h1,5,7-10,16,19,26,39H,6,11-15,17-18H2,2-3H3/t19-,26-,34?/m1/s1. The van der Waals surface area contributed by atoms with Crippen LogP contribution in [0.5, 0.6) is 6.01 Å². The lowest BCUT2D eigenvalue weighted by Gasteiger charge is -2.31. The van der Waals surface area contributed by atoms with Crippen LogP contribution in [-0.2, 0) is 0 Å². The summed E-state index contributed by atoms with van der Waals surface area (Å²) < 4.78 is 64.8. The summed E-state index contributed by atoms with van der Waals surface area (Å²) in [5, 5.41) is 4.85. The van der Waals surface area contributed by atoms with Crippen LogP contribution in [0, 0.1) is 24.0 Å². The maximum absolute atomic E-state index is 16.7. The number of likely N-dealkylation sites (N-methyl/N-ethyl adjacent to an activating group) is 1. The fourth-order valence-electron chi connectivity index (χ4n) is 7.43. The van der Waals surface area contributed by atoms with Gasteiger partial charge in [-0.2, -0.15) is 18.7 Å². The van der Waals surface area contributed by atoms with Crippen molar-refractivity contribution in [2.75, 3.05) is 38.2 Å². The van der Waals surface area contributed by atoms with E-state index in [1.54, 1.807) is 24.3 Å². The molecule has 2 aromatic carbocycles. The zero-order valence-corrected chi connectivity index (χ0v) is 25.0. The molecule has 232 valence electrons.